The van der Waals surface area contributed by atoms with Gasteiger partial charge in [0, 0.05) is 11.1 Å². The number of hydrogen-bond donors (Lipinski definition) is 1. The van der Waals surface area contributed by atoms with Crippen LogP contribution in [0.1, 0.15) is 44.1 Å². The molecule has 19 heavy (non-hydrogen) atoms. The third-order valence-electron chi connectivity index (χ3n) is 3.76. The van der Waals surface area contributed by atoms with Crippen LogP contribution in [0.2, 0.25) is 5.02 Å². The predicted octanol–water partition coefficient (Wildman–Crippen LogP) is 3.73. The summed E-state index contributed by atoms with van der Waals surface area (Å²) in [7, 11) is 1.64. The molecule has 1 aliphatic carbocycles. The maximum atomic E-state index is 6.32. The van der Waals surface area contributed by atoms with E-state index in [1.165, 1.54) is 6.42 Å². The Morgan fingerprint density at radius 3 is 2.63 bits per heavy atom. The van der Waals surface area contributed by atoms with E-state index in [2.05, 4.69) is 6.92 Å². The van der Waals surface area contributed by atoms with Crippen LogP contribution in [0.4, 0.5) is 0 Å². The van der Waals surface area contributed by atoms with Crippen LogP contribution >= 0.6 is 11.6 Å². The summed E-state index contributed by atoms with van der Waals surface area (Å²) in [4.78, 5) is 0. The Kier molecular flexibility index (Phi) is 4.94. The van der Waals surface area contributed by atoms with Crippen molar-refractivity contribution < 1.29 is 9.47 Å². The molecule has 2 N–H and O–H groups in total. The fourth-order valence-corrected chi connectivity index (χ4v) is 2.59. The van der Waals surface area contributed by atoms with Gasteiger partial charge in [0.15, 0.2) is 11.5 Å². The number of benzene rings is 1. The van der Waals surface area contributed by atoms with Crippen molar-refractivity contribution in [2.75, 3.05) is 13.7 Å². The van der Waals surface area contributed by atoms with Crippen molar-refractivity contribution in [2.45, 2.75) is 44.6 Å². The van der Waals surface area contributed by atoms with Crippen LogP contribution in [0.25, 0.3) is 0 Å². The highest BCUT2D eigenvalue weighted by molar-refractivity contribution is 6.31. The van der Waals surface area contributed by atoms with Crippen molar-refractivity contribution in [1.29, 1.82) is 0 Å². The largest absolute Gasteiger partial charge is 0.493 e. The Labute approximate surface area is 120 Å². The highest BCUT2D eigenvalue weighted by Crippen LogP contribution is 2.39. The molecule has 2 rings (SSSR count). The fraction of sp³-hybridized carbons (Fsp3) is 0.600. The molecule has 0 radical (unpaired) electrons. The lowest BCUT2D eigenvalue weighted by Gasteiger charge is -2.28. The lowest BCUT2D eigenvalue weighted by molar-refractivity contribution is 0.116. The van der Waals surface area contributed by atoms with Crippen LogP contribution in [-0.2, 0) is 0 Å². The first-order chi connectivity index (χ1) is 9.15. The molecule has 4 heteroatoms. The van der Waals surface area contributed by atoms with Gasteiger partial charge in [-0.1, -0.05) is 18.5 Å². The standard InChI is InChI=1S/C15H22ClNO2/c1-10(6-7-17)12-8-15(19-11-4-3-5-11)14(18-2)9-13(12)16/h8-11H,3-7,17H2,1-2H3. The summed E-state index contributed by atoms with van der Waals surface area (Å²) >= 11 is 6.32. The van der Waals surface area contributed by atoms with Gasteiger partial charge >= 0.3 is 0 Å². The summed E-state index contributed by atoms with van der Waals surface area (Å²) in [5, 5.41) is 0.721. The summed E-state index contributed by atoms with van der Waals surface area (Å²) in [6.07, 6.45) is 4.73. The molecule has 0 aliphatic heterocycles. The Morgan fingerprint density at radius 2 is 2.11 bits per heavy atom. The average molecular weight is 284 g/mol. The SMILES string of the molecule is COc1cc(Cl)c(C(C)CCN)cc1OC1CCC1. The van der Waals surface area contributed by atoms with Gasteiger partial charge in [-0.2, -0.15) is 0 Å². The highest BCUT2D eigenvalue weighted by atomic mass is 35.5. The minimum atomic E-state index is 0.326. The minimum Gasteiger partial charge on any atom is -0.493 e. The average Bonchev–Trinajstić information content (AvgIpc) is 2.34. The van der Waals surface area contributed by atoms with Crippen molar-refractivity contribution in [1.82, 2.24) is 0 Å². The van der Waals surface area contributed by atoms with E-state index in [-0.39, 0.29) is 0 Å². The Hall–Kier alpha value is -0.930. The summed E-state index contributed by atoms with van der Waals surface area (Å²) in [6.45, 7) is 2.79. The highest BCUT2D eigenvalue weighted by Gasteiger charge is 2.22. The summed E-state index contributed by atoms with van der Waals surface area (Å²) in [6, 6.07) is 3.86. The molecule has 1 aromatic carbocycles. The molecule has 3 nitrogen and oxygen atoms in total. The third-order valence-corrected chi connectivity index (χ3v) is 4.09. The second-order valence-electron chi connectivity index (χ2n) is 5.17. The van der Waals surface area contributed by atoms with Crippen LogP contribution in [0.15, 0.2) is 12.1 Å². The zero-order chi connectivity index (χ0) is 13.8. The van der Waals surface area contributed by atoms with Gasteiger partial charge in [0.25, 0.3) is 0 Å². The number of nitrogens with two attached hydrogens (primary N) is 1. The molecule has 0 bridgehead atoms. The van der Waals surface area contributed by atoms with Crippen LogP contribution in [0.3, 0.4) is 0 Å². The van der Waals surface area contributed by atoms with E-state index in [0.717, 1.165) is 35.6 Å². The first kappa shape index (κ1) is 14.5. The van der Waals surface area contributed by atoms with Crippen molar-refractivity contribution in [3.05, 3.63) is 22.7 Å². The Balaban J connectivity index is 2.25. The summed E-state index contributed by atoms with van der Waals surface area (Å²) in [5.41, 5.74) is 6.71. The van der Waals surface area contributed by atoms with Gasteiger partial charge in [-0.25, -0.2) is 0 Å². The minimum absolute atomic E-state index is 0.326. The van der Waals surface area contributed by atoms with Crippen molar-refractivity contribution in [3.8, 4) is 11.5 Å². The molecular weight excluding hydrogens is 262 g/mol. The quantitative estimate of drug-likeness (QED) is 0.865. The molecule has 106 valence electrons. The number of hydrogen-bond acceptors (Lipinski definition) is 3. The van der Waals surface area contributed by atoms with E-state index in [1.54, 1.807) is 7.11 Å². The van der Waals surface area contributed by atoms with Gasteiger partial charge < -0.3 is 15.2 Å². The normalized spacial score (nSPS) is 16.8. The topological polar surface area (TPSA) is 44.5 Å². The molecule has 0 spiro atoms. The van der Waals surface area contributed by atoms with E-state index in [1.807, 2.05) is 12.1 Å². The van der Waals surface area contributed by atoms with Crippen LogP contribution < -0.4 is 15.2 Å². The number of ether oxygens (including phenoxy) is 2. The monoisotopic (exact) mass is 283 g/mol. The van der Waals surface area contributed by atoms with Gasteiger partial charge in [0.2, 0.25) is 0 Å². The van der Waals surface area contributed by atoms with Crippen molar-refractivity contribution in [2.24, 2.45) is 5.73 Å². The lowest BCUT2D eigenvalue weighted by Crippen LogP contribution is -2.24. The number of rotatable bonds is 6. The summed E-state index contributed by atoms with van der Waals surface area (Å²) in [5.74, 6) is 1.84. The Bertz CT molecular complexity index is 432. The van der Waals surface area contributed by atoms with Crippen LogP contribution in [0, 0.1) is 0 Å². The molecule has 1 aliphatic rings. The maximum Gasteiger partial charge on any atom is 0.162 e. The van der Waals surface area contributed by atoms with E-state index < -0.39 is 0 Å². The second-order valence-corrected chi connectivity index (χ2v) is 5.58. The molecule has 0 heterocycles. The molecule has 1 unspecified atom stereocenters. The molecular formula is C15H22ClNO2. The van der Waals surface area contributed by atoms with Crippen molar-refractivity contribution >= 4 is 11.6 Å². The number of methoxy groups -OCH3 is 1. The molecule has 0 amide bonds. The molecule has 0 aromatic heterocycles. The van der Waals surface area contributed by atoms with E-state index in [9.17, 15) is 0 Å². The zero-order valence-electron chi connectivity index (χ0n) is 11.6. The smallest absolute Gasteiger partial charge is 0.162 e. The van der Waals surface area contributed by atoms with Crippen LogP contribution in [-0.4, -0.2) is 19.8 Å². The van der Waals surface area contributed by atoms with E-state index >= 15 is 0 Å². The fourth-order valence-electron chi connectivity index (χ4n) is 2.25. The molecule has 1 aromatic rings. The summed E-state index contributed by atoms with van der Waals surface area (Å²) < 4.78 is 11.3. The van der Waals surface area contributed by atoms with Gasteiger partial charge in [0.1, 0.15) is 0 Å². The molecule has 1 fully saturated rings. The zero-order valence-corrected chi connectivity index (χ0v) is 12.4. The predicted molar refractivity (Wildman–Crippen MR) is 78.4 cm³/mol. The van der Waals surface area contributed by atoms with Gasteiger partial charge in [-0.15, -0.1) is 0 Å². The van der Waals surface area contributed by atoms with Crippen LogP contribution in [0.5, 0.6) is 11.5 Å². The molecule has 0 saturated heterocycles. The second kappa shape index (κ2) is 6.49. The first-order valence-electron chi connectivity index (χ1n) is 6.89. The van der Waals surface area contributed by atoms with Gasteiger partial charge in [-0.3, -0.25) is 0 Å². The molecule has 1 atom stereocenters. The maximum absolute atomic E-state index is 6.32. The van der Waals surface area contributed by atoms with E-state index in [4.69, 9.17) is 26.8 Å². The number of halogens is 1. The van der Waals surface area contributed by atoms with Gasteiger partial charge in [0.05, 0.1) is 13.2 Å². The Morgan fingerprint density at radius 1 is 1.37 bits per heavy atom. The lowest BCUT2D eigenvalue weighted by atomic mass is 9.95. The van der Waals surface area contributed by atoms with E-state index in [0.29, 0.717) is 24.3 Å². The third kappa shape index (κ3) is 3.34. The molecule has 1 saturated carbocycles. The van der Waals surface area contributed by atoms with Crippen molar-refractivity contribution in [3.63, 3.8) is 0 Å². The van der Waals surface area contributed by atoms with Gasteiger partial charge in [-0.05, 0) is 49.8 Å². The first-order valence-corrected chi connectivity index (χ1v) is 7.27.